The summed E-state index contributed by atoms with van der Waals surface area (Å²) in [6, 6.07) is 7.25. The van der Waals surface area contributed by atoms with E-state index in [1.54, 1.807) is 19.1 Å². The van der Waals surface area contributed by atoms with Crippen LogP contribution in [-0.2, 0) is 9.59 Å². The Bertz CT molecular complexity index is 401. The first-order valence-electron chi connectivity index (χ1n) is 5.13. The molecule has 0 bridgehead atoms. The molecule has 4 nitrogen and oxygen atoms in total. The van der Waals surface area contributed by atoms with Gasteiger partial charge in [-0.2, -0.15) is 0 Å². The second-order valence-corrected chi connectivity index (χ2v) is 3.57. The van der Waals surface area contributed by atoms with Crippen LogP contribution >= 0.6 is 0 Å². The minimum atomic E-state index is -1.01. The first-order valence-corrected chi connectivity index (χ1v) is 5.13. The molecule has 0 heterocycles. The molecule has 86 valence electrons. The van der Waals surface area contributed by atoms with Gasteiger partial charge in [0.05, 0.1) is 0 Å². The van der Waals surface area contributed by atoms with Crippen LogP contribution in [0.5, 0.6) is 0 Å². The monoisotopic (exact) mass is 221 g/mol. The standard InChI is InChI=1S/C12H15NO3/c1-3-11(14)13(8-12(15)16)10-6-4-5-9(2)7-10/h4-7H,3,8H2,1-2H3,(H,15,16). The van der Waals surface area contributed by atoms with Crippen molar-refractivity contribution in [3.63, 3.8) is 0 Å². The van der Waals surface area contributed by atoms with E-state index in [0.29, 0.717) is 12.1 Å². The first-order chi connectivity index (χ1) is 7.54. The van der Waals surface area contributed by atoms with E-state index in [4.69, 9.17) is 5.11 Å². The van der Waals surface area contributed by atoms with Crippen molar-refractivity contribution < 1.29 is 14.7 Å². The number of carbonyl (C=O) groups is 2. The van der Waals surface area contributed by atoms with E-state index in [2.05, 4.69) is 0 Å². The van der Waals surface area contributed by atoms with Crippen molar-refractivity contribution in [1.82, 2.24) is 0 Å². The summed E-state index contributed by atoms with van der Waals surface area (Å²) in [7, 11) is 0. The van der Waals surface area contributed by atoms with Crippen LogP contribution in [0.25, 0.3) is 0 Å². The number of rotatable bonds is 4. The number of carboxylic acids is 1. The zero-order chi connectivity index (χ0) is 12.1. The Morgan fingerprint density at radius 2 is 2.06 bits per heavy atom. The SMILES string of the molecule is CCC(=O)N(CC(=O)O)c1cccc(C)c1. The van der Waals surface area contributed by atoms with Gasteiger partial charge in [0, 0.05) is 12.1 Å². The Morgan fingerprint density at radius 3 is 2.56 bits per heavy atom. The quantitative estimate of drug-likeness (QED) is 0.843. The number of anilines is 1. The fraction of sp³-hybridized carbons (Fsp3) is 0.333. The zero-order valence-corrected chi connectivity index (χ0v) is 9.43. The van der Waals surface area contributed by atoms with Gasteiger partial charge < -0.3 is 10.0 Å². The van der Waals surface area contributed by atoms with Crippen LogP contribution in [0.2, 0.25) is 0 Å². The van der Waals surface area contributed by atoms with Gasteiger partial charge in [-0.1, -0.05) is 19.1 Å². The Kier molecular flexibility index (Phi) is 4.05. The van der Waals surface area contributed by atoms with Crippen LogP contribution in [0.15, 0.2) is 24.3 Å². The fourth-order valence-corrected chi connectivity index (χ4v) is 1.45. The second kappa shape index (κ2) is 5.30. The number of hydrogen-bond donors (Lipinski definition) is 1. The summed E-state index contributed by atoms with van der Waals surface area (Å²) in [6.45, 7) is 3.32. The van der Waals surface area contributed by atoms with Gasteiger partial charge in [0.15, 0.2) is 0 Å². The van der Waals surface area contributed by atoms with E-state index in [0.717, 1.165) is 5.56 Å². The summed E-state index contributed by atoms with van der Waals surface area (Å²) in [5, 5.41) is 8.77. The molecule has 16 heavy (non-hydrogen) atoms. The predicted molar refractivity (Wildman–Crippen MR) is 61.5 cm³/mol. The molecule has 0 saturated carbocycles. The molecule has 0 aliphatic carbocycles. The molecule has 0 unspecified atom stereocenters. The molecule has 0 aliphatic rings. The molecule has 0 atom stereocenters. The van der Waals surface area contributed by atoms with Gasteiger partial charge in [-0.3, -0.25) is 9.59 Å². The maximum atomic E-state index is 11.6. The first kappa shape index (κ1) is 12.2. The minimum Gasteiger partial charge on any atom is -0.480 e. The molecule has 0 radical (unpaired) electrons. The molecule has 4 heteroatoms. The van der Waals surface area contributed by atoms with Gasteiger partial charge in [-0.05, 0) is 24.6 Å². The van der Waals surface area contributed by atoms with Gasteiger partial charge in [-0.25, -0.2) is 0 Å². The van der Waals surface area contributed by atoms with Crippen molar-refractivity contribution in [3.8, 4) is 0 Å². The Hall–Kier alpha value is -1.84. The molecule has 1 N–H and O–H groups in total. The predicted octanol–water partition coefficient (Wildman–Crippen LogP) is 1.82. The third-order valence-electron chi connectivity index (χ3n) is 2.21. The van der Waals surface area contributed by atoms with Crippen LogP contribution in [0.4, 0.5) is 5.69 Å². The lowest BCUT2D eigenvalue weighted by molar-refractivity contribution is -0.136. The van der Waals surface area contributed by atoms with Crippen molar-refractivity contribution in [3.05, 3.63) is 29.8 Å². The summed E-state index contributed by atoms with van der Waals surface area (Å²) >= 11 is 0. The average molecular weight is 221 g/mol. The number of aliphatic carboxylic acids is 1. The summed E-state index contributed by atoms with van der Waals surface area (Å²) in [5.74, 6) is -1.20. The molecule has 0 aromatic heterocycles. The maximum Gasteiger partial charge on any atom is 0.323 e. The molecule has 0 fully saturated rings. The zero-order valence-electron chi connectivity index (χ0n) is 9.43. The van der Waals surface area contributed by atoms with Gasteiger partial charge in [0.2, 0.25) is 5.91 Å². The number of carbonyl (C=O) groups excluding carboxylic acids is 1. The molecule has 0 saturated heterocycles. The van der Waals surface area contributed by atoms with Gasteiger partial charge in [0.1, 0.15) is 6.54 Å². The number of nitrogens with zero attached hydrogens (tertiary/aromatic N) is 1. The van der Waals surface area contributed by atoms with Crippen LogP contribution in [0.3, 0.4) is 0 Å². The number of hydrogen-bond acceptors (Lipinski definition) is 2. The molecule has 0 aliphatic heterocycles. The van der Waals surface area contributed by atoms with E-state index < -0.39 is 5.97 Å². The van der Waals surface area contributed by atoms with Crippen LogP contribution in [-0.4, -0.2) is 23.5 Å². The van der Waals surface area contributed by atoms with E-state index in [-0.39, 0.29) is 12.5 Å². The summed E-state index contributed by atoms with van der Waals surface area (Å²) < 4.78 is 0. The number of amides is 1. The van der Waals surface area contributed by atoms with E-state index in [9.17, 15) is 9.59 Å². The van der Waals surface area contributed by atoms with Crippen molar-refractivity contribution in [1.29, 1.82) is 0 Å². The van der Waals surface area contributed by atoms with Gasteiger partial charge in [0.25, 0.3) is 0 Å². The Labute approximate surface area is 94.5 Å². The smallest absolute Gasteiger partial charge is 0.323 e. The average Bonchev–Trinajstić information content (AvgIpc) is 2.24. The Balaban J connectivity index is 3.00. The highest BCUT2D eigenvalue weighted by Gasteiger charge is 2.16. The largest absolute Gasteiger partial charge is 0.480 e. The number of aryl methyl sites for hydroxylation is 1. The number of carboxylic acid groups (broad SMARTS) is 1. The topological polar surface area (TPSA) is 57.6 Å². The molecule has 1 aromatic rings. The fourth-order valence-electron chi connectivity index (χ4n) is 1.45. The molecule has 1 aromatic carbocycles. The normalized spacial score (nSPS) is 9.88. The van der Waals surface area contributed by atoms with Crippen LogP contribution in [0.1, 0.15) is 18.9 Å². The van der Waals surface area contributed by atoms with E-state index in [1.807, 2.05) is 19.1 Å². The highest BCUT2D eigenvalue weighted by atomic mass is 16.4. The highest BCUT2D eigenvalue weighted by Crippen LogP contribution is 2.16. The third-order valence-corrected chi connectivity index (χ3v) is 2.21. The third kappa shape index (κ3) is 3.08. The lowest BCUT2D eigenvalue weighted by atomic mass is 10.2. The maximum absolute atomic E-state index is 11.6. The molecular formula is C12H15NO3. The number of benzene rings is 1. The van der Waals surface area contributed by atoms with Crippen molar-refractivity contribution in [2.24, 2.45) is 0 Å². The Morgan fingerprint density at radius 1 is 1.38 bits per heavy atom. The molecule has 1 amide bonds. The van der Waals surface area contributed by atoms with Crippen molar-refractivity contribution in [2.75, 3.05) is 11.4 Å². The van der Waals surface area contributed by atoms with Gasteiger partial charge in [-0.15, -0.1) is 0 Å². The van der Waals surface area contributed by atoms with E-state index in [1.165, 1.54) is 4.90 Å². The van der Waals surface area contributed by atoms with E-state index >= 15 is 0 Å². The molecule has 1 rings (SSSR count). The highest BCUT2D eigenvalue weighted by molar-refractivity contribution is 5.97. The van der Waals surface area contributed by atoms with Crippen molar-refractivity contribution >= 4 is 17.6 Å². The lowest BCUT2D eigenvalue weighted by Gasteiger charge is -2.20. The van der Waals surface area contributed by atoms with Crippen molar-refractivity contribution in [2.45, 2.75) is 20.3 Å². The summed E-state index contributed by atoms with van der Waals surface area (Å²) in [6.07, 6.45) is 0.293. The van der Waals surface area contributed by atoms with Crippen LogP contribution < -0.4 is 4.90 Å². The lowest BCUT2D eigenvalue weighted by Crippen LogP contribution is -2.35. The minimum absolute atomic E-state index is 0.187. The van der Waals surface area contributed by atoms with Gasteiger partial charge >= 0.3 is 5.97 Å². The molecular weight excluding hydrogens is 206 g/mol. The molecule has 0 spiro atoms. The second-order valence-electron chi connectivity index (χ2n) is 3.57. The summed E-state index contributed by atoms with van der Waals surface area (Å²) in [4.78, 5) is 23.6. The summed E-state index contributed by atoms with van der Waals surface area (Å²) in [5.41, 5.74) is 1.63. The van der Waals surface area contributed by atoms with Crippen LogP contribution in [0, 0.1) is 6.92 Å².